The topological polar surface area (TPSA) is 0 Å². The molecule has 2 fully saturated rings. The summed E-state index contributed by atoms with van der Waals surface area (Å²) in [4.78, 5) is 0. The zero-order valence-corrected chi connectivity index (χ0v) is 7.00. The van der Waals surface area contributed by atoms with Gasteiger partial charge in [-0.15, -0.1) is 13.2 Å². The van der Waals surface area contributed by atoms with E-state index in [1.807, 2.05) is 0 Å². The molecule has 4 atom stereocenters. The smallest absolute Gasteiger partial charge is 0.0142 e. The van der Waals surface area contributed by atoms with Crippen molar-refractivity contribution in [1.29, 1.82) is 0 Å². The van der Waals surface area contributed by atoms with E-state index in [2.05, 4.69) is 25.3 Å². The van der Waals surface area contributed by atoms with Gasteiger partial charge in [0.25, 0.3) is 0 Å². The van der Waals surface area contributed by atoms with Crippen molar-refractivity contribution in [3.05, 3.63) is 25.3 Å². The van der Waals surface area contributed by atoms with E-state index in [0.29, 0.717) is 0 Å². The molecule has 0 aliphatic heterocycles. The third-order valence-electron chi connectivity index (χ3n) is 3.59. The van der Waals surface area contributed by atoms with Gasteiger partial charge in [0.05, 0.1) is 0 Å². The summed E-state index contributed by atoms with van der Waals surface area (Å²) in [6, 6.07) is 0. The fourth-order valence-electron chi connectivity index (χ4n) is 3.08. The number of hydrogen-bond acceptors (Lipinski definition) is 0. The van der Waals surface area contributed by atoms with E-state index in [1.165, 1.54) is 19.3 Å². The molecule has 60 valence electrons. The predicted molar refractivity (Wildman–Crippen MR) is 48.2 cm³/mol. The van der Waals surface area contributed by atoms with Crippen LogP contribution in [-0.2, 0) is 0 Å². The fraction of sp³-hybridized carbons (Fsp3) is 0.636. The summed E-state index contributed by atoms with van der Waals surface area (Å²) in [5.41, 5.74) is 0. The molecule has 4 unspecified atom stereocenters. The maximum atomic E-state index is 3.91. The van der Waals surface area contributed by atoms with Crippen LogP contribution < -0.4 is 0 Å². The summed E-state index contributed by atoms with van der Waals surface area (Å²) in [6.07, 6.45) is 8.61. The Bertz CT molecular complexity index is 160. The molecule has 0 nitrogen and oxygen atoms in total. The lowest BCUT2D eigenvalue weighted by Gasteiger charge is -2.25. The van der Waals surface area contributed by atoms with E-state index in [1.54, 1.807) is 0 Å². The highest BCUT2D eigenvalue weighted by molar-refractivity contribution is 5.07. The highest BCUT2D eigenvalue weighted by atomic mass is 14.5. The molecule has 2 rings (SSSR count). The first-order valence-electron chi connectivity index (χ1n) is 4.62. The van der Waals surface area contributed by atoms with Crippen LogP contribution in [-0.4, -0.2) is 0 Å². The molecular formula is C11H16. The van der Waals surface area contributed by atoms with Crippen LogP contribution in [0.3, 0.4) is 0 Å². The molecule has 0 aromatic heterocycles. The first kappa shape index (κ1) is 7.15. The molecule has 11 heavy (non-hydrogen) atoms. The minimum absolute atomic E-state index is 0.756. The average Bonchev–Trinajstić information content (AvgIpc) is 2.60. The minimum atomic E-state index is 0.756. The lowest BCUT2D eigenvalue weighted by atomic mass is 9.79. The summed E-state index contributed by atoms with van der Waals surface area (Å²) >= 11 is 0. The van der Waals surface area contributed by atoms with Crippen molar-refractivity contribution in [2.45, 2.75) is 19.3 Å². The predicted octanol–water partition coefficient (Wildman–Crippen LogP) is 3.02. The van der Waals surface area contributed by atoms with Crippen LogP contribution in [0.15, 0.2) is 25.3 Å². The number of hydrogen-bond donors (Lipinski definition) is 0. The van der Waals surface area contributed by atoms with Crippen molar-refractivity contribution in [3.8, 4) is 0 Å². The van der Waals surface area contributed by atoms with Gasteiger partial charge in [0.2, 0.25) is 0 Å². The summed E-state index contributed by atoms with van der Waals surface area (Å²) < 4.78 is 0. The SMILES string of the molecule is C=CC1C2CCC(C2)C1C=C. The fourth-order valence-corrected chi connectivity index (χ4v) is 3.08. The van der Waals surface area contributed by atoms with Gasteiger partial charge in [-0.3, -0.25) is 0 Å². The van der Waals surface area contributed by atoms with Gasteiger partial charge in [0.1, 0.15) is 0 Å². The van der Waals surface area contributed by atoms with Gasteiger partial charge >= 0.3 is 0 Å². The van der Waals surface area contributed by atoms with Crippen molar-refractivity contribution >= 4 is 0 Å². The second kappa shape index (κ2) is 2.51. The maximum Gasteiger partial charge on any atom is -0.0142 e. The highest BCUT2D eigenvalue weighted by Crippen LogP contribution is 2.52. The second-order valence-corrected chi connectivity index (χ2v) is 3.96. The van der Waals surface area contributed by atoms with Crippen LogP contribution >= 0.6 is 0 Å². The molecular weight excluding hydrogens is 132 g/mol. The van der Waals surface area contributed by atoms with Gasteiger partial charge in [-0.25, -0.2) is 0 Å². The first-order valence-corrected chi connectivity index (χ1v) is 4.62. The van der Waals surface area contributed by atoms with Crippen molar-refractivity contribution in [3.63, 3.8) is 0 Å². The van der Waals surface area contributed by atoms with E-state index >= 15 is 0 Å². The van der Waals surface area contributed by atoms with E-state index in [9.17, 15) is 0 Å². The molecule has 0 heteroatoms. The third kappa shape index (κ3) is 0.885. The molecule has 2 bridgehead atoms. The minimum Gasteiger partial charge on any atom is -0.103 e. The first-order chi connectivity index (χ1) is 5.36. The normalized spacial score (nSPS) is 47.6. The summed E-state index contributed by atoms with van der Waals surface area (Å²) in [6.45, 7) is 7.82. The quantitative estimate of drug-likeness (QED) is 0.528. The summed E-state index contributed by atoms with van der Waals surface area (Å²) in [7, 11) is 0. The Kier molecular flexibility index (Phi) is 1.63. The van der Waals surface area contributed by atoms with Crippen molar-refractivity contribution in [1.82, 2.24) is 0 Å². The molecule has 0 heterocycles. The molecule has 0 radical (unpaired) electrons. The molecule has 0 aromatic carbocycles. The Morgan fingerprint density at radius 1 is 0.909 bits per heavy atom. The van der Waals surface area contributed by atoms with Crippen LogP contribution in [0.4, 0.5) is 0 Å². The Balaban J connectivity index is 2.19. The van der Waals surface area contributed by atoms with E-state index in [-0.39, 0.29) is 0 Å². The van der Waals surface area contributed by atoms with Crippen molar-refractivity contribution in [2.75, 3.05) is 0 Å². The maximum absolute atomic E-state index is 3.91. The average molecular weight is 148 g/mol. The Morgan fingerprint density at radius 2 is 1.36 bits per heavy atom. The van der Waals surface area contributed by atoms with Crippen LogP contribution in [0.1, 0.15) is 19.3 Å². The molecule has 2 aliphatic carbocycles. The molecule has 2 saturated carbocycles. The van der Waals surface area contributed by atoms with Crippen LogP contribution in [0, 0.1) is 23.7 Å². The van der Waals surface area contributed by atoms with Crippen molar-refractivity contribution < 1.29 is 0 Å². The summed E-state index contributed by atoms with van der Waals surface area (Å²) in [5.74, 6) is 3.40. The van der Waals surface area contributed by atoms with Gasteiger partial charge in [0, 0.05) is 0 Å². The molecule has 2 aliphatic rings. The second-order valence-electron chi connectivity index (χ2n) is 3.96. The Hall–Kier alpha value is -0.520. The standard InChI is InChI=1S/C11H16/c1-3-10-8-5-6-9(7-8)11(10)4-2/h3-4,8-11H,1-2,5-7H2. The lowest BCUT2D eigenvalue weighted by Crippen LogP contribution is -2.18. The lowest BCUT2D eigenvalue weighted by molar-refractivity contribution is 0.319. The van der Waals surface area contributed by atoms with Crippen LogP contribution in [0.2, 0.25) is 0 Å². The summed E-state index contributed by atoms with van der Waals surface area (Å²) in [5, 5.41) is 0. The van der Waals surface area contributed by atoms with E-state index < -0.39 is 0 Å². The van der Waals surface area contributed by atoms with Crippen LogP contribution in [0.25, 0.3) is 0 Å². The van der Waals surface area contributed by atoms with E-state index in [4.69, 9.17) is 0 Å². The van der Waals surface area contributed by atoms with Crippen molar-refractivity contribution in [2.24, 2.45) is 23.7 Å². The molecule has 0 saturated heterocycles. The molecule has 0 N–H and O–H groups in total. The molecule has 0 amide bonds. The van der Waals surface area contributed by atoms with Gasteiger partial charge in [-0.2, -0.15) is 0 Å². The zero-order chi connectivity index (χ0) is 7.84. The van der Waals surface area contributed by atoms with Gasteiger partial charge in [-0.1, -0.05) is 12.2 Å². The van der Waals surface area contributed by atoms with Crippen LogP contribution in [0.5, 0.6) is 0 Å². The molecule has 0 spiro atoms. The highest BCUT2D eigenvalue weighted by Gasteiger charge is 2.44. The van der Waals surface area contributed by atoms with Gasteiger partial charge in [-0.05, 0) is 42.9 Å². The largest absolute Gasteiger partial charge is 0.103 e. The third-order valence-corrected chi connectivity index (χ3v) is 3.59. The molecule has 0 aromatic rings. The number of allylic oxidation sites excluding steroid dienone is 2. The Labute approximate surface area is 69.0 Å². The Morgan fingerprint density at radius 3 is 1.73 bits per heavy atom. The monoisotopic (exact) mass is 148 g/mol. The zero-order valence-electron chi connectivity index (χ0n) is 7.00. The van der Waals surface area contributed by atoms with E-state index in [0.717, 1.165) is 23.7 Å². The number of fused-ring (bicyclic) bond motifs is 2. The van der Waals surface area contributed by atoms with Gasteiger partial charge < -0.3 is 0 Å². The van der Waals surface area contributed by atoms with Gasteiger partial charge in [0.15, 0.2) is 0 Å². The number of rotatable bonds is 2.